The number of H-pyrrole nitrogens is 1. The Bertz CT molecular complexity index is 1640. The highest BCUT2D eigenvalue weighted by atomic mass is 35.5. The number of nitrogens with zero attached hydrogens (tertiary/aromatic N) is 2. The van der Waals surface area contributed by atoms with Crippen molar-refractivity contribution in [3.8, 4) is 16.9 Å². The third-order valence-electron chi connectivity index (χ3n) is 6.64. The van der Waals surface area contributed by atoms with Gasteiger partial charge in [0.2, 0.25) is 5.91 Å². The lowest BCUT2D eigenvalue weighted by atomic mass is 9.91. The number of hydrogen-bond donors (Lipinski definition) is 2. The number of amides is 1. The monoisotopic (exact) mass is 543 g/mol. The molecule has 39 heavy (non-hydrogen) atoms. The van der Waals surface area contributed by atoms with Crippen LogP contribution in [0.25, 0.3) is 22.0 Å². The largest absolute Gasteiger partial charge is 0.494 e. The number of nitrogens with one attached hydrogen (secondary N) is 1. The van der Waals surface area contributed by atoms with E-state index in [2.05, 4.69) is 10.1 Å². The van der Waals surface area contributed by atoms with Crippen LogP contribution in [-0.4, -0.2) is 39.3 Å². The second-order valence-corrected chi connectivity index (χ2v) is 9.56. The summed E-state index contributed by atoms with van der Waals surface area (Å²) in [5, 5.41) is 16.5. The highest BCUT2D eigenvalue weighted by Gasteiger charge is 2.36. The van der Waals surface area contributed by atoms with Gasteiger partial charge in [-0.05, 0) is 36.8 Å². The number of rotatable bonds is 8. The Kier molecular flexibility index (Phi) is 7.47. The summed E-state index contributed by atoms with van der Waals surface area (Å²) in [4.78, 5) is 41.1. The number of carboxylic acid groups (broad SMARTS) is 1. The van der Waals surface area contributed by atoms with Crippen molar-refractivity contribution in [2.75, 3.05) is 6.61 Å². The summed E-state index contributed by atoms with van der Waals surface area (Å²) in [6.45, 7) is 2.30. The molecule has 0 radical (unpaired) electrons. The number of para-hydroxylation sites is 2. The van der Waals surface area contributed by atoms with E-state index in [-0.39, 0.29) is 24.8 Å². The van der Waals surface area contributed by atoms with Gasteiger partial charge in [0.25, 0.3) is 5.56 Å². The van der Waals surface area contributed by atoms with Crippen LogP contribution in [0.15, 0.2) is 82.7 Å². The molecule has 0 spiro atoms. The van der Waals surface area contributed by atoms with E-state index in [9.17, 15) is 14.4 Å². The summed E-state index contributed by atoms with van der Waals surface area (Å²) in [6.07, 6.45) is -0.310. The molecule has 0 saturated carbocycles. The molecular weight excluding hydrogens is 518 g/mol. The maximum absolute atomic E-state index is 13.6. The Morgan fingerprint density at radius 3 is 2.49 bits per heavy atom. The maximum atomic E-state index is 13.6. The van der Waals surface area contributed by atoms with Crippen molar-refractivity contribution in [1.29, 1.82) is 0 Å². The number of carbonyl (C=O) groups is 2. The fourth-order valence-corrected chi connectivity index (χ4v) is 5.07. The van der Waals surface area contributed by atoms with Crippen molar-refractivity contribution < 1.29 is 19.4 Å². The van der Waals surface area contributed by atoms with Gasteiger partial charge < -0.3 is 14.8 Å². The van der Waals surface area contributed by atoms with Crippen molar-refractivity contribution >= 4 is 40.1 Å². The number of benzene rings is 3. The number of carboxylic acids is 1. The molecule has 1 aliphatic heterocycles. The number of pyridine rings is 1. The first-order valence-corrected chi connectivity index (χ1v) is 13.0. The van der Waals surface area contributed by atoms with Crippen LogP contribution >= 0.6 is 11.6 Å². The minimum atomic E-state index is -1.07. The van der Waals surface area contributed by atoms with Crippen molar-refractivity contribution in [1.82, 2.24) is 9.99 Å². The van der Waals surface area contributed by atoms with E-state index < -0.39 is 17.9 Å². The van der Waals surface area contributed by atoms with Gasteiger partial charge >= 0.3 is 5.97 Å². The summed E-state index contributed by atoms with van der Waals surface area (Å²) in [6, 6.07) is 21.5. The number of ether oxygens (including phenoxy) is 1. The van der Waals surface area contributed by atoms with Crippen molar-refractivity contribution in [3.05, 3.63) is 99.3 Å². The Hall–Kier alpha value is -4.43. The van der Waals surface area contributed by atoms with Gasteiger partial charge in [0.15, 0.2) is 0 Å². The highest BCUT2D eigenvalue weighted by molar-refractivity contribution is 6.30. The van der Waals surface area contributed by atoms with Gasteiger partial charge in [0.05, 0.1) is 30.3 Å². The zero-order valence-corrected chi connectivity index (χ0v) is 21.9. The average molecular weight is 544 g/mol. The fourth-order valence-electron chi connectivity index (χ4n) is 4.94. The predicted molar refractivity (Wildman–Crippen MR) is 150 cm³/mol. The summed E-state index contributed by atoms with van der Waals surface area (Å²) < 4.78 is 5.84. The van der Waals surface area contributed by atoms with Crippen molar-refractivity contribution in [3.63, 3.8) is 0 Å². The zero-order valence-electron chi connectivity index (χ0n) is 21.2. The molecule has 8 nitrogen and oxygen atoms in total. The molecule has 0 saturated heterocycles. The lowest BCUT2D eigenvalue weighted by Gasteiger charge is -2.23. The number of hydrazone groups is 1. The standard InChI is InChI=1S/C30H26ClN3O5/c1-2-39-25-10-6-4-8-21(25)24-17-23(33-34(24)26(35)15-16-27(36)37)29-28(18-11-13-19(31)14-12-18)20-7-3-5-9-22(20)32-30(29)38/h3-14,24H,2,15-17H2,1H3,(H,32,38)(H,36,37). The molecule has 0 fully saturated rings. The van der Waals surface area contributed by atoms with Crippen molar-refractivity contribution in [2.45, 2.75) is 32.2 Å². The number of hydrogen-bond acceptors (Lipinski definition) is 5. The molecule has 0 bridgehead atoms. The molecule has 2 heterocycles. The molecule has 1 aromatic heterocycles. The first kappa shape index (κ1) is 26.2. The molecule has 5 rings (SSSR count). The summed E-state index contributed by atoms with van der Waals surface area (Å²) in [5.74, 6) is -0.925. The van der Waals surface area contributed by atoms with Gasteiger partial charge in [-0.1, -0.05) is 60.1 Å². The van der Waals surface area contributed by atoms with E-state index >= 15 is 0 Å². The quantitative estimate of drug-likeness (QED) is 0.292. The van der Waals surface area contributed by atoms with Gasteiger partial charge in [-0.2, -0.15) is 5.10 Å². The number of carbonyl (C=O) groups excluding carboxylic acids is 1. The first-order valence-electron chi connectivity index (χ1n) is 12.6. The zero-order chi connectivity index (χ0) is 27.5. The molecule has 4 aromatic rings. The molecule has 2 N–H and O–H groups in total. The molecule has 198 valence electrons. The topological polar surface area (TPSA) is 112 Å². The average Bonchev–Trinajstić information content (AvgIpc) is 3.37. The lowest BCUT2D eigenvalue weighted by Crippen LogP contribution is -2.27. The Balaban J connectivity index is 1.69. The smallest absolute Gasteiger partial charge is 0.303 e. The molecule has 1 amide bonds. The number of aromatic nitrogens is 1. The third kappa shape index (κ3) is 5.28. The second-order valence-electron chi connectivity index (χ2n) is 9.13. The SMILES string of the molecule is CCOc1ccccc1C1CC(c2c(-c3ccc(Cl)cc3)c3ccccc3[nH]c2=O)=NN1C(=O)CCC(=O)O. The summed E-state index contributed by atoms with van der Waals surface area (Å²) in [7, 11) is 0. The molecule has 1 atom stereocenters. The molecule has 0 aliphatic carbocycles. The van der Waals surface area contributed by atoms with Gasteiger partial charge in [-0.15, -0.1) is 0 Å². The minimum Gasteiger partial charge on any atom is -0.494 e. The van der Waals surface area contributed by atoms with Crippen LogP contribution in [-0.2, 0) is 9.59 Å². The summed E-state index contributed by atoms with van der Waals surface area (Å²) in [5.41, 5.74) is 3.29. The molecule has 1 aliphatic rings. The number of aliphatic carboxylic acids is 1. The molecular formula is C30H26ClN3O5. The van der Waals surface area contributed by atoms with E-state index in [1.165, 1.54) is 5.01 Å². The van der Waals surface area contributed by atoms with E-state index in [0.29, 0.717) is 39.7 Å². The highest BCUT2D eigenvalue weighted by Crippen LogP contribution is 2.40. The normalized spacial score (nSPS) is 14.9. The van der Waals surface area contributed by atoms with Crippen LogP contribution in [0.1, 0.15) is 43.4 Å². The lowest BCUT2D eigenvalue weighted by molar-refractivity contribution is -0.141. The van der Waals surface area contributed by atoms with Crippen LogP contribution in [0.5, 0.6) is 5.75 Å². The predicted octanol–water partition coefficient (Wildman–Crippen LogP) is 5.79. The van der Waals surface area contributed by atoms with Crippen LogP contribution in [0.2, 0.25) is 5.02 Å². The van der Waals surface area contributed by atoms with Gasteiger partial charge in [0.1, 0.15) is 5.75 Å². The second kappa shape index (κ2) is 11.1. The van der Waals surface area contributed by atoms with Crippen LogP contribution in [0.4, 0.5) is 0 Å². The maximum Gasteiger partial charge on any atom is 0.303 e. The van der Waals surface area contributed by atoms with Gasteiger partial charge in [-0.3, -0.25) is 14.4 Å². The van der Waals surface area contributed by atoms with E-state index in [1.807, 2.05) is 67.6 Å². The molecule has 9 heteroatoms. The van der Waals surface area contributed by atoms with Crippen molar-refractivity contribution in [2.24, 2.45) is 5.10 Å². The Morgan fingerprint density at radius 2 is 1.74 bits per heavy atom. The first-order chi connectivity index (χ1) is 18.9. The van der Waals surface area contributed by atoms with Crippen LogP contribution in [0, 0.1) is 0 Å². The van der Waals surface area contributed by atoms with E-state index in [0.717, 1.165) is 16.5 Å². The summed E-state index contributed by atoms with van der Waals surface area (Å²) >= 11 is 6.16. The number of fused-ring (bicyclic) bond motifs is 1. The molecule has 3 aromatic carbocycles. The van der Waals surface area contributed by atoms with Crippen LogP contribution < -0.4 is 10.3 Å². The van der Waals surface area contributed by atoms with Gasteiger partial charge in [-0.25, -0.2) is 5.01 Å². The Morgan fingerprint density at radius 1 is 1.03 bits per heavy atom. The molecule has 1 unspecified atom stereocenters. The number of aromatic amines is 1. The van der Waals surface area contributed by atoms with E-state index in [1.54, 1.807) is 12.1 Å². The fraction of sp³-hybridized carbons (Fsp3) is 0.200. The Labute approximate surface area is 229 Å². The minimum absolute atomic E-state index is 0.225. The number of halogens is 1. The van der Waals surface area contributed by atoms with E-state index in [4.69, 9.17) is 21.4 Å². The van der Waals surface area contributed by atoms with Crippen LogP contribution in [0.3, 0.4) is 0 Å². The third-order valence-corrected chi connectivity index (χ3v) is 6.89. The van der Waals surface area contributed by atoms with Gasteiger partial charge in [0, 0.05) is 39.9 Å².